The third-order valence-electron chi connectivity index (χ3n) is 3.48. The zero-order valence-corrected chi connectivity index (χ0v) is 13.3. The largest absolute Gasteiger partial charge is 0.351 e. The Balaban J connectivity index is 1.83. The minimum absolute atomic E-state index is 0.100. The first-order chi connectivity index (χ1) is 10.5. The summed E-state index contributed by atoms with van der Waals surface area (Å²) in [7, 11) is 0. The zero-order chi connectivity index (χ0) is 15.7. The van der Waals surface area contributed by atoms with Gasteiger partial charge in [0.2, 0.25) is 0 Å². The van der Waals surface area contributed by atoms with E-state index in [0.717, 1.165) is 29.7 Å². The lowest BCUT2D eigenvalue weighted by atomic mass is 10.1. The van der Waals surface area contributed by atoms with Crippen molar-refractivity contribution in [3.05, 3.63) is 45.5 Å². The Hall–Kier alpha value is -2.21. The van der Waals surface area contributed by atoms with Crippen LogP contribution in [0.25, 0.3) is 0 Å². The van der Waals surface area contributed by atoms with Gasteiger partial charge in [0.1, 0.15) is 4.88 Å². The van der Waals surface area contributed by atoms with Crippen LogP contribution in [0.4, 0.5) is 5.13 Å². The Labute approximate surface area is 132 Å². The lowest BCUT2D eigenvalue weighted by Gasteiger charge is -2.04. The number of aryl methyl sites for hydroxylation is 3. The Morgan fingerprint density at radius 3 is 2.73 bits per heavy atom. The van der Waals surface area contributed by atoms with Crippen molar-refractivity contribution < 1.29 is 9.59 Å². The number of amides is 2. The second-order valence-corrected chi connectivity index (χ2v) is 6.48. The summed E-state index contributed by atoms with van der Waals surface area (Å²) >= 11 is 1.23. The molecular weight excluding hydrogens is 298 g/mol. The lowest BCUT2D eigenvalue weighted by Crippen LogP contribution is -2.21. The van der Waals surface area contributed by atoms with E-state index >= 15 is 0 Å². The van der Waals surface area contributed by atoms with Gasteiger partial charge in [-0.25, -0.2) is 4.98 Å². The number of rotatable bonds is 2. The maximum absolute atomic E-state index is 12.3. The maximum atomic E-state index is 12.3. The van der Waals surface area contributed by atoms with Crippen molar-refractivity contribution in [2.75, 3.05) is 11.9 Å². The molecule has 0 bridgehead atoms. The SMILES string of the molecule is Cc1cc(C)cc(C(=O)Nc2nc3c(s2)C(=O)NCCC3)c1. The fraction of sp³-hybridized carbons (Fsp3) is 0.312. The van der Waals surface area contributed by atoms with Crippen LogP contribution < -0.4 is 10.6 Å². The Morgan fingerprint density at radius 2 is 2.00 bits per heavy atom. The van der Waals surface area contributed by atoms with Crippen LogP contribution in [0.1, 0.15) is 43.3 Å². The number of benzene rings is 1. The van der Waals surface area contributed by atoms with Gasteiger partial charge in [-0.3, -0.25) is 14.9 Å². The maximum Gasteiger partial charge on any atom is 0.263 e. The van der Waals surface area contributed by atoms with E-state index in [1.165, 1.54) is 11.3 Å². The second kappa shape index (κ2) is 5.88. The second-order valence-electron chi connectivity index (χ2n) is 5.48. The predicted octanol–water partition coefficient (Wildman–Crippen LogP) is 2.69. The van der Waals surface area contributed by atoms with Crippen LogP contribution in [0.5, 0.6) is 0 Å². The van der Waals surface area contributed by atoms with Crippen LogP contribution in [0.3, 0.4) is 0 Å². The summed E-state index contributed by atoms with van der Waals surface area (Å²) < 4.78 is 0. The fourth-order valence-electron chi connectivity index (χ4n) is 2.57. The molecule has 6 heteroatoms. The van der Waals surface area contributed by atoms with Gasteiger partial charge in [-0.1, -0.05) is 28.5 Å². The molecule has 2 aromatic rings. The standard InChI is InChI=1S/C16H17N3O2S/c1-9-6-10(2)8-11(7-9)14(20)19-16-18-12-4-3-5-17-15(21)13(12)22-16/h6-8H,3-5H2,1-2H3,(H,17,21)(H,18,19,20). The molecule has 2 heterocycles. The first kappa shape index (κ1) is 14.7. The van der Waals surface area contributed by atoms with Crippen LogP contribution in [0.15, 0.2) is 18.2 Å². The van der Waals surface area contributed by atoms with Crippen LogP contribution in [-0.4, -0.2) is 23.3 Å². The van der Waals surface area contributed by atoms with Crippen molar-refractivity contribution in [3.8, 4) is 0 Å². The molecular formula is C16H17N3O2S. The molecule has 0 spiro atoms. The molecule has 0 aliphatic carbocycles. The number of thiazole rings is 1. The first-order valence-corrected chi connectivity index (χ1v) is 8.02. The summed E-state index contributed by atoms with van der Waals surface area (Å²) in [6.07, 6.45) is 1.62. The van der Waals surface area contributed by atoms with E-state index < -0.39 is 0 Å². The Kier molecular flexibility index (Phi) is 3.94. The first-order valence-electron chi connectivity index (χ1n) is 7.20. The predicted molar refractivity (Wildman–Crippen MR) is 86.6 cm³/mol. The monoisotopic (exact) mass is 315 g/mol. The fourth-order valence-corrected chi connectivity index (χ4v) is 3.49. The van der Waals surface area contributed by atoms with E-state index in [1.807, 2.05) is 32.0 Å². The van der Waals surface area contributed by atoms with E-state index in [4.69, 9.17) is 0 Å². The molecule has 1 aliphatic heterocycles. The number of carbonyl (C=O) groups excluding carboxylic acids is 2. The molecule has 0 atom stereocenters. The van der Waals surface area contributed by atoms with Crippen LogP contribution in [0, 0.1) is 13.8 Å². The summed E-state index contributed by atoms with van der Waals surface area (Å²) in [4.78, 5) is 29.2. The molecule has 0 saturated carbocycles. The quantitative estimate of drug-likeness (QED) is 0.895. The highest BCUT2D eigenvalue weighted by Crippen LogP contribution is 2.26. The van der Waals surface area contributed by atoms with E-state index in [9.17, 15) is 9.59 Å². The highest BCUT2D eigenvalue weighted by molar-refractivity contribution is 7.17. The van der Waals surface area contributed by atoms with Gasteiger partial charge in [0.25, 0.3) is 11.8 Å². The van der Waals surface area contributed by atoms with Crippen molar-refractivity contribution >= 4 is 28.3 Å². The number of carbonyl (C=O) groups is 2. The Morgan fingerprint density at radius 1 is 1.27 bits per heavy atom. The third-order valence-corrected chi connectivity index (χ3v) is 4.50. The van der Waals surface area contributed by atoms with Crippen LogP contribution in [-0.2, 0) is 6.42 Å². The number of nitrogens with zero attached hydrogens (tertiary/aromatic N) is 1. The number of anilines is 1. The number of fused-ring (bicyclic) bond motifs is 1. The van der Waals surface area contributed by atoms with E-state index in [1.54, 1.807) is 0 Å². The third kappa shape index (κ3) is 3.01. The topological polar surface area (TPSA) is 71.1 Å². The average molecular weight is 315 g/mol. The summed E-state index contributed by atoms with van der Waals surface area (Å²) in [6, 6.07) is 5.70. The smallest absolute Gasteiger partial charge is 0.263 e. The van der Waals surface area contributed by atoms with E-state index in [0.29, 0.717) is 22.1 Å². The average Bonchev–Trinajstić information content (AvgIpc) is 2.77. The highest BCUT2D eigenvalue weighted by atomic mass is 32.1. The minimum Gasteiger partial charge on any atom is -0.351 e. The number of hydrogen-bond donors (Lipinski definition) is 2. The highest BCUT2D eigenvalue weighted by Gasteiger charge is 2.21. The molecule has 0 radical (unpaired) electrons. The summed E-state index contributed by atoms with van der Waals surface area (Å²) in [5, 5.41) is 6.11. The molecule has 0 fully saturated rings. The molecule has 114 valence electrons. The van der Waals surface area contributed by atoms with Gasteiger partial charge < -0.3 is 5.32 Å². The molecule has 1 aromatic carbocycles. The van der Waals surface area contributed by atoms with Crippen molar-refractivity contribution in [1.29, 1.82) is 0 Å². The molecule has 3 rings (SSSR count). The molecule has 5 nitrogen and oxygen atoms in total. The van der Waals surface area contributed by atoms with Crippen molar-refractivity contribution in [3.63, 3.8) is 0 Å². The number of hydrogen-bond acceptors (Lipinski definition) is 4. The molecule has 2 N–H and O–H groups in total. The molecule has 0 saturated heterocycles. The van der Waals surface area contributed by atoms with Crippen LogP contribution in [0.2, 0.25) is 0 Å². The van der Waals surface area contributed by atoms with Gasteiger partial charge in [0, 0.05) is 12.1 Å². The van der Waals surface area contributed by atoms with Gasteiger partial charge in [-0.05, 0) is 38.8 Å². The summed E-state index contributed by atoms with van der Waals surface area (Å²) in [5.41, 5.74) is 3.46. The molecule has 0 unspecified atom stereocenters. The van der Waals surface area contributed by atoms with Crippen molar-refractivity contribution in [2.45, 2.75) is 26.7 Å². The molecule has 2 amide bonds. The zero-order valence-electron chi connectivity index (χ0n) is 12.5. The van der Waals surface area contributed by atoms with E-state index in [-0.39, 0.29) is 11.8 Å². The van der Waals surface area contributed by atoms with Gasteiger partial charge >= 0.3 is 0 Å². The minimum atomic E-state index is -0.198. The van der Waals surface area contributed by atoms with Crippen molar-refractivity contribution in [1.82, 2.24) is 10.3 Å². The van der Waals surface area contributed by atoms with Gasteiger partial charge in [0.05, 0.1) is 5.69 Å². The number of nitrogens with one attached hydrogen (secondary N) is 2. The molecule has 1 aromatic heterocycles. The summed E-state index contributed by atoms with van der Waals surface area (Å²) in [5.74, 6) is -0.298. The summed E-state index contributed by atoms with van der Waals surface area (Å²) in [6.45, 7) is 4.59. The van der Waals surface area contributed by atoms with E-state index in [2.05, 4.69) is 15.6 Å². The van der Waals surface area contributed by atoms with Crippen molar-refractivity contribution in [2.24, 2.45) is 0 Å². The molecule has 22 heavy (non-hydrogen) atoms. The van der Waals surface area contributed by atoms with Gasteiger partial charge in [-0.2, -0.15) is 0 Å². The number of aromatic nitrogens is 1. The van der Waals surface area contributed by atoms with Gasteiger partial charge in [-0.15, -0.1) is 0 Å². The Bertz CT molecular complexity index is 732. The lowest BCUT2D eigenvalue weighted by molar-refractivity contribution is 0.0958. The molecule has 1 aliphatic rings. The van der Waals surface area contributed by atoms with Crippen LogP contribution >= 0.6 is 11.3 Å². The van der Waals surface area contributed by atoms with Gasteiger partial charge in [0.15, 0.2) is 5.13 Å². The normalized spacial score (nSPS) is 14.0.